The normalized spacial score (nSPS) is 28.4. The molecule has 3 unspecified atom stereocenters. The quantitative estimate of drug-likeness (QED) is 0.888. The van der Waals surface area contributed by atoms with Crippen molar-refractivity contribution in [2.24, 2.45) is 0 Å². The van der Waals surface area contributed by atoms with Crippen molar-refractivity contribution in [1.29, 1.82) is 0 Å². The Morgan fingerprint density at radius 3 is 2.58 bits per heavy atom. The Labute approximate surface area is 145 Å². The van der Waals surface area contributed by atoms with Crippen molar-refractivity contribution < 1.29 is 4.79 Å². The van der Waals surface area contributed by atoms with E-state index in [1.165, 1.54) is 19.3 Å². The van der Waals surface area contributed by atoms with Gasteiger partial charge in [-0.15, -0.1) is 0 Å². The maximum absolute atomic E-state index is 12.3. The van der Waals surface area contributed by atoms with Gasteiger partial charge in [-0.05, 0) is 59.6 Å². The van der Waals surface area contributed by atoms with Gasteiger partial charge in [-0.3, -0.25) is 4.68 Å². The molecule has 2 fully saturated rings. The number of aryl methyl sites for hydroxylation is 2. The molecule has 6 nitrogen and oxygen atoms in total. The van der Waals surface area contributed by atoms with Gasteiger partial charge in [-0.25, -0.2) is 4.79 Å². The minimum atomic E-state index is -0.0448. The summed E-state index contributed by atoms with van der Waals surface area (Å²) in [5.41, 5.74) is 2.15. The summed E-state index contributed by atoms with van der Waals surface area (Å²) < 4.78 is 1.96. The number of nitrogens with zero attached hydrogens (tertiary/aromatic N) is 3. The molecule has 0 aliphatic carbocycles. The molecule has 6 heteroatoms. The van der Waals surface area contributed by atoms with Crippen LogP contribution in [0, 0.1) is 13.8 Å². The van der Waals surface area contributed by atoms with Crippen molar-refractivity contribution >= 4 is 6.03 Å². The molecule has 0 spiro atoms. The van der Waals surface area contributed by atoms with Gasteiger partial charge in [0.2, 0.25) is 0 Å². The molecule has 1 aromatic heterocycles. The van der Waals surface area contributed by atoms with Crippen LogP contribution in [0.3, 0.4) is 0 Å². The van der Waals surface area contributed by atoms with Crippen LogP contribution in [0.25, 0.3) is 0 Å². The zero-order chi connectivity index (χ0) is 17.3. The highest BCUT2D eigenvalue weighted by atomic mass is 16.2. The summed E-state index contributed by atoms with van der Waals surface area (Å²) in [6.07, 6.45) is 6.01. The van der Waals surface area contributed by atoms with Crippen molar-refractivity contribution in [3.63, 3.8) is 0 Å². The first-order valence-corrected chi connectivity index (χ1v) is 9.22. The molecule has 3 rings (SSSR count). The summed E-state index contributed by atoms with van der Waals surface area (Å²) in [5, 5.41) is 10.7. The zero-order valence-corrected chi connectivity index (χ0v) is 15.4. The molecule has 3 heterocycles. The molecule has 3 atom stereocenters. The molecule has 2 aliphatic heterocycles. The highest BCUT2D eigenvalue weighted by molar-refractivity contribution is 5.74. The molecule has 2 saturated heterocycles. The molecule has 0 radical (unpaired) electrons. The van der Waals surface area contributed by atoms with E-state index in [-0.39, 0.29) is 12.1 Å². The third-order valence-corrected chi connectivity index (χ3v) is 5.60. The average molecular weight is 333 g/mol. The standard InChI is InChI=1S/C18H31N5O/c1-12-8-14(3)23(21-12)11-13(2)19-18(24)20-15-9-16-6-5-7-17(10-15)22(16)4/h8,13,15-17H,5-7,9-11H2,1-4H3,(H2,19,20,24). The van der Waals surface area contributed by atoms with E-state index >= 15 is 0 Å². The van der Waals surface area contributed by atoms with Gasteiger partial charge in [-0.2, -0.15) is 5.10 Å². The lowest BCUT2D eigenvalue weighted by Crippen LogP contribution is -2.57. The van der Waals surface area contributed by atoms with Gasteiger partial charge in [0, 0.05) is 29.9 Å². The van der Waals surface area contributed by atoms with Gasteiger partial charge in [0.05, 0.1) is 12.2 Å². The third kappa shape index (κ3) is 3.91. The van der Waals surface area contributed by atoms with Crippen molar-refractivity contribution in [3.05, 3.63) is 17.5 Å². The van der Waals surface area contributed by atoms with Crippen LogP contribution in [0.5, 0.6) is 0 Å². The first-order chi connectivity index (χ1) is 11.4. The van der Waals surface area contributed by atoms with E-state index in [0.29, 0.717) is 24.7 Å². The van der Waals surface area contributed by atoms with Gasteiger partial charge < -0.3 is 15.5 Å². The first kappa shape index (κ1) is 17.3. The summed E-state index contributed by atoms with van der Waals surface area (Å²) in [7, 11) is 2.24. The number of rotatable bonds is 4. The second kappa shape index (κ2) is 7.13. The molecule has 24 heavy (non-hydrogen) atoms. The van der Waals surface area contributed by atoms with Crippen LogP contribution in [0.1, 0.15) is 50.4 Å². The lowest BCUT2D eigenvalue weighted by Gasteiger charge is -2.47. The molecule has 0 saturated carbocycles. The largest absolute Gasteiger partial charge is 0.335 e. The highest BCUT2D eigenvalue weighted by Crippen LogP contribution is 2.32. The molecule has 0 aromatic carbocycles. The van der Waals surface area contributed by atoms with Crippen molar-refractivity contribution in [3.8, 4) is 0 Å². The molecule has 134 valence electrons. The van der Waals surface area contributed by atoms with Crippen LogP contribution >= 0.6 is 0 Å². The number of hydrogen-bond donors (Lipinski definition) is 2. The number of hydrogen-bond acceptors (Lipinski definition) is 3. The molecular formula is C18H31N5O. The van der Waals surface area contributed by atoms with Gasteiger partial charge >= 0.3 is 6.03 Å². The summed E-state index contributed by atoms with van der Waals surface area (Å²) in [6.45, 7) is 6.76. The van der Waals surface area contributed by atoms with E-state index in [1.807, 2.05) is 25.5 Å². The second-order valence-corrected chi connectivity index (χ2v) is 7.70. The third-order valence-electron chi connectivity index (χ3n) is 5.60. The van der Waals surface area contributed by atoms with E-state index in [9.17, 15) is 4.79 Å². The lowest BCUT2D eigenvalue weighted by molar-refractivity contribution is 0.0508. The van der Waals surface area contributed by atoms with Gasteiger partial charge in [-0.1, -0.05) is 6.42 Å². The van der Waals surface area contributed by atoms with Gasteiger partial charge in [0.1, 0.15) is 0 Å². The summed E-state index contributed by atoms with van der Waals surface area (Å²) >= 11 is 0. The van der Waals surface area contributed by atoms with Crippen LogP contribution < -0.4 is 10.6 Å². The van der Waals surface area contributed by atoms with Crippen LogP contribution in [0.4, 0.5) is 4.79 Å². The van der Waals surface area contributed by atoms with Crippen LogP contribution in [0.2, 0.25) is 0 Å². The fourth-order valence-electron chi connectivity index (χ4n) is 4.35. The van der Waals surface area contributed by atoms with Crippen molar-refractivity contribution in [2.75, 3.05) is 7.05 Å². The number of fused-ring (bicyclic) bond motifs is 2. The molecular weight excluding hydrogens is 302 g/mol. The van der Waals surface area contributed by atoms with E-state index in [4.69, 9.17) is 0 Å². The van der Waals surface area contributed by atoms with E-state index in [1.54, 1.807) is 0 Å². The average Bonchev–Trinajstić information content (AvgIpc) is 2.77. The Hall–Kier alpha value is -1.56. The van der Waals surface area contributed by atoms with E-state index in [0.717, 1.165) is 24.2 Å². The topological polar surface area (TPSA) is 62.2 Å². The molecule has 2 amide bonds. The fraction of sp³-hybridized carbons (Fsp3) is 0.778. The predicted molar refractivity (Wildman–Crippen MR) is 95.0 cm³/mol. The van der Waals surface area contributed by atoms with Crippen LogP contribution in [0.15, 0.2) is 6.07 Å². The Morgan fingerprint density at radius 1 is 1.33 bits per heavy atom. The number of aromatic nitrogens is 2. The first-order valence-electron chi connectivity index (χ1n) is 9.22. The minimum Gasteiger partial charge on any atom is -0.335 e. The number of urea groups is 1. The number of piperidine rings is 2. The Kier molecular flexibility index (Phi) is 5.13. The number of carbonyl (C=O) groups excluding carboxylic acids is 1. The zero-order valence-electron chi connectivity index (χ0n) is 15.4. The second-order valence-electron chi connectivity index (χ2n) is 7.70. The lowest BCUT2D eigenvalue weighted by atomic mass is 9.82. The number of amides is 2. The highest BCUT2D eigenvalue weighted by Gasteiger charge is 2.36. The van der Waals surface area contributed by atoms with E-state index < -0.39 is 0 Å². The van der Waals surface area contributed by atoms with Crippen LogP contribution in [-0.2, 0) is 6.54 Å². The number of carbonyl (C=O) groups is 1. The van der Waals surface area contributed by atoms with Crippen LogP contribution in [-0.4, -0.2) is 51.9 Å². The SMILES string of the molecule is Cc1cc(C)n(CC(C)NC(=O)NC2CC3CCCC(C2)N3C)n1. The molecule has 2 bridgehead atoms. The van der Waals surface area contributed by atoms with Gasteiger partial charge in [0.15, 0.2) is 0 Å². The minimum absolute atomic E-state index is 0.0448. The Morgan fingerprint density at radius 2 is 2.00 bits per heavy atom. The monoisotopic (exact) mass is 333 g/mol. The number of nitrogens with one attached hydrogen (secondary N) is 2. The Bertz CT molecular complexity index is 570. The molecule has 2 N–H and O–H groups in total. The van der Waals surface area contributed by atoms with E-state index in [2.05, 4.69) is 33.7 Å². The maximum atomic E-state index is 12.3. The Balaban J connectivity index is 1.48. The van der Waals surface area contributed by atoms with Gasteiger partial charge in [0.25, 0.3) is 0 Å². The maximum Gasteiger partial charge on any atom is 0.315 e. The summed E-state index contributed by atoms with van der Waals surface area (Å²) in [6, 6.07) is 3.64. The smallest absolute Gasteiger partial charge is 0.315 e. The summed E-state index contributed by atoms with van der Waals surface area (Å²) in [5.74, 6) is 0. The molecule has 1 aromatic rings. The fourth-order valence-corrected chi connectivity index (χ4v) is 4.35. The van der Waals surface area contributed by atoms with Crippen molar-refractivity contribution in [2.45, 2.75) is 83.6 Å². The predicted octanol–water partition coefficient (Wildman–Crippen LogP) is 2.20. The van der Waals surface area contributed by atoms with Crippen molar-refractivity contribution in [1.82, 2.24) is 25.3 Å². The summed E-state index contributed by atoms with van der Waals surface area (Å²) in [4.78, 5) is 14.9. The molecule has 2 aliphatic rings.